The van der Waals surface area contributed by atoms with Crippen molar-refractivity contribution in [3.05, 3.63) is 40.1 Å². The van der Waals surface area contributed by atoms with Gasteiger partial charge in [-0.05, 0) is 29.3 Å². The Morgan fingerprint density at radius 1 is 1.46 bits per heavy atom. The molecule has 144 valence electrons. The average molecular weight is 391 g/mol. The summed E-state index contributed by atoms with van der Waals surface area (Å²) in [4.78, 5) is 16.0. The molecule has 2 aromatic rings. The molecule has 0 aromatic carbocycles. The van der Waals surface area contributed by atoms with Gasteiger partial charge in [0.2, 0.25) is 0 Å². The quantitative estimate of drug-likeness (QED) is 0.866. The van der Waals surface area contributed by atoms with E-state index < -0.39 is 12.1 Å². The number of fused-ring (bicyclic) bond motifs is 1. The maximum Gasteiger partial charge on any atom is 0.490 e. The van der Waals surface area contributed by atoms with Crippen LogP contribution in [0.15, 0.2) is 23.0 Å². The summed E-state index contributed by atoms with van der Waals surface area (Å²) in [6.07, 6.45) is -3.14. The van der Waals surface area contributed by atoms with Crippen molar-refractivity contribution >= 4 is 17.3 Å². The summed E-state index contributed by atoms with van der Waals surface area (Å²) in [5.74, 6) is -1.60. The van der Waals surface area contributed by atoms with Crippen molar-refractivity contribution in [1.29, 1.82) is 0 Å². The average Bonchev–Trinajstić information content (AvgIpc) is 3.20. The molecule has 0 bridgehead atoms. The molecule has 0 spiro atoms. The Kier molecular flexibility index (Phi) is 6.79. The highest BCUT2D eigenvalue weighted by molar-refractivity contribution is 7.07. The fourth-order valence-electron chi connectivity index (χ4n) is 2.70. The molecule has 3 heterocycles. The minimum atomic E-state index is -5.08. The van der Waals surface area contributed by atoms with Gasteiger partial charge in [-0.1, -0.05) is 0 Å². The summed E-state index contributed by atoms with van der Waals surface area (Å²) in [6.45, 7) is 5.96. The van der Waals surface area contributed by atoms with Gasteiger partial charge in [-0.25, -0.2) is 9.78 Å². The zero-order valence-electron chi connectivity index (χ0n) is 14.4. The van der Waals surface area contributed by atoms with Gasteiger partial charge in [0.1, 0.15) is 5.82 Å². The molecule has 0 aliphatic carbocycles. The second-order valence-electron chi connectivity index (χ2n) is 5.77. The highest BCUT2D eigenvalue weighted by atomic mass is 32.1. The summed E-state index contributed by atoms with van der Waals surface area (Å²) in [7, 11) is 1.73. The van der Waals surface area contributed by atoms with Crippen molar-refractivity contribution in [3.63, 3.8) is 0 Å². The number of ether oxygens (including phenoxy) is 1. The predicted molar refractivity (Wildman–Crippen MR) is 89.8 cm³/mol. The van der Waals surface area contributed by atoms with Crippen LogP contribution >= 0.6 is 11.3 Å². The smallest absolute Gasteiger partial charge is 0.475 e. The number of rotatable bonds is 4. The van der Waals surface area contributed by atoms with Gasteiger partial charge in [-0.3, -0.25) is 4.90 Å². The van der Waals surface area contributed by atoms with Crippen LogP contribution in [0.5, 0.6) is 0 Å². The van der Waals surface area contributed by atoms with Crippen LogP contribution < -0.4 is 0 Å². The van der Waals surface area contributed by atoms with Crippen molar-refractivity contribution < 1.29 is 27.8 Å². The molecular weight excluding hydrogens is 371 g/mol. The number of aliphatic carboxylic acids is 1. The van der Waals surface area contributed by atoms with Crippen molar-refractivity contribution in [2.75, 3.05) is 13.7 Å². The van der Waals surface area contributed by atoms with Crippen LogP contribution in [0.3, 0.4) is 0 Å². The molecule has 26 heavy (non-hydrogen) atoms. The molecule has 1 atom stereocenters. The SMILES string of the molecule is COCc1cnc2n1CCN(Cc1ccsc1)C2C.O=C(O)C(F)(F)F. The van der Waals surface area contributed by atoms with Crippen LogP contribution in [-0.2, 0) is 29.2 Å². The molecule has 0 fully saturated rings. The normalized spacial score (nSPS) is 17.3. The van der Waals surface area contributed by atoms with E-state index in [4.69, 9.17) is 14.6 Å². The number of nitrogens with zero attached hydrogens (tertiary/aromatic N) is 3. The first-order chi connectivity index (χ1) is 12.2. The summed E-state index contributed by atoms with van der Waals surface area (Å²) in [5, 5.41) is 11.5. The number of thiophene rings is 1. The van der Waals surface area contributed by atoms with Gasteiger partial charge in [0, 0.05) is 26.7 Å². The Labute approximate surface area is 152 Å². The van der Waals surface area contributed by atoms with Gasteiger partial charge < -0.3 is 14.4 Å². The van der Waals surface area contributed by atoms with E-state index in [9.17, 15) is 13.2 Å². The standard InChI is InChI=1S/C14H19N3OS.C2HF3O2/c1-11-14-15-7-13(9-18-2)17(14)5-4-16(11)8-12-3-6-19-10-12;3-2(4,5)1(6)7/h3,6-7,10-11H,4-5,8-9H2,1-2H3;(H,6,7). The second kappa shape index (κ2) is 8.65. The number of hydrogen-bond acceptors (Lipinski definition) is 5. The second-order valence-corrected chi connectivity index (χ2v) is 6.55. The highest BCUT2D eigenvalue weighted by Gasteiger charge is 2.38. The molecule has 0 radical (unpaired) electrons. The zero-order valence-corrected chi connectivity index (χ0v) is 15.2. The topological polar surface area (TPSA) is 67.6 Å². The Morgan fingerprint density at radius 2 is 2.15 bits per heavy atom. The minimum absolute atomic E-state index is 0.360. The number of carboxylic acids is 1. The van der Waals surface area contributed by atoms with E-state index in [2.05, 4.69) is 38.2 Å². The molecule has 10 heteroatoms. The van der Waals surface area contributed by atoms with E-state index >= 15 is 0 Å². The highest BCUT2D eigenvalue weighted by Crippen LogP contribution is 2.27. The van der Waals surface area contributed by atoms with Gasteiger partial charge in [0.15, 0.2) is 0 Å². The number of carbonyl (C=O) groups is 1. The first kappa shape index (κ1) is 20.4. The third kappa shape index (κ3) is 5.05. The fraction of sp³-hybridized carbons (Fsp3) is 0.500. The number of hydrogen-bond donors (Lipinski definition) is 1. The molecule has 0 amide bonds. The van der Waals surface area contributed by atoms with Crippen LogP contribution in [0, 0.1) is 0 Å². The predicted octanol–water partition coefficient (Wildman–Crippen LogP) is 3.30. The molecule has 6 nitrogen and oxygen atoms in total. The number of carboxylic acid groups (broad SMARTS) is 1. The van der Waals surface area contributed by atoms with E-state index in [-0.39, 0.29) is 0 Å². The Bertz CT molecular complexity index is 716. The van der Waals surface area contributed by atoms with Crippen molar-refractivity contribution in [2.45, 2.75) is 38.8 Å². The van der Waals surface area contributed by atoms with E-state index in [1.165, 1.54) is 11.3 Å². The van der Waals surface area contributed by atoms with E-state index in [0.29, 0.717) is 12.6 Å². The van der Waals surface area contributed by atoms with Crippen LogP contribution in [0.1, 0.15) is 30.0 Å². The first-order valence-electron chi connectivity index (χ1n) is 7.82. The largest absolute Gasteiger partial charge is 0.490 e. The molecule has 2 aromatic heterocycles. The lowest BCUT2D eigenvalue weighted by Crippen LogP contribution is -2.37. The zero-order chi connectivity index (χ0) is 19.3. The maximum atomic E-state index is 10.6. The molecule has 1 aliphatic heterocycles. The summed E-state index contributed by atoms with van der Waals surface area (Å²) >= 11 is 1.76. The first-order valence-corrected chi connectivity index (χ1v) is 8.76. The van der Waals surface area contributed by atoms with Gasteiger partial charge in [0.05, 0.1) is 24.5 Å². The summed E-state index contributed by atoms with van der Waals surface area (Å²) in [5.41, 5.74) is 2.58. The third-order valence-corrected chi connectivity index (χ3v) is 4.73. The van der Waals surface area contributed by atoms with Crippen LogP contribution in [0.4, 0.5) is 13.2 Å². The Morgan fingerprint density at radius 3 is 2.69 bits per heavy atom. The Balaban J connectivity index is 0.000000298. The van der Waals surface area contributed by atoms with Crippen molar-refractivity contribution in [1.82, 2.24) is 14.5 Å². The maximum absolute atomic E-state index is 10.6. The monoisotopic (exact) mass is 391 g/mol. The van der Waals surface area contributed by atoms with Crippen LogP contribution in [0.2, 0.25) is 0 Å². The molecule has 1 aliphatic rings. The molecule has 0 saturated heterocycles. The summed E-state index contributed by atoms with van der Waals surface area (Å²) < 4.78 is 39.3. The van der Waals surface area contributed by atoms with E-state index in [0.717, 1.165) is 25.5 Å². The van der Waals surface area contributed by atoms with Crippen molar-refractivity contribution in [2.24, 2.45) is 0 Å². The van der Waals surface area contributed by atoms with E-state index in [1.807, 2.05) is 6.20 Å². The molecule has 0 saturated carbocycles. The van der Waals surface area contributed by atoms with Crippen molar-refractivity contribution in [3.8, 4) is 0 Å². The molecule has 1 N–H and O–H groups in total. The molecular formula is C16H20F3N3O3S. The van der Waals surface area contributed by atoms with Crippen LogP contribution in [-0.4, -0.2) is 45.4 Å². The number of alkyl halides is 3. The summed E-state index contributed by atoms with van der Waals surface area (Å²) in [6, 6.07) is 2.56. The lowest BCUT2D eigenvalue weighted by Gasteiger charge is -2.34. The van der Waals surface area contributed by atoms with Gasteiger partial charge in [-0.15, -0.1) is 0 Å². The number of imidazole rings is 1. The molecule has 1 unspecified atom stereocenters. The lowest BCUT2D eigenvalue weighted by atomic mass is 10.2. The lowest BCUT2D eigenvalue weighted by molar-refractivity contribution is -0.192. The van der Waals surface area contributed by atoms with Gasteiger partial charge in [0.25, 0.3) is 0 Å². The number of aromatic nitrogens is 2. The van der Waals surface area contributed by atoms with Crippen LogP contribution in [0.25, 0.3) is 0 Å². The minimum Gasteiger partial charge on any atom is -0.475 e. The third-order valence-electron chi connectivity index (χ3n) is 4.00. The van der Waals surface area contributed by atoms with E-state index in [1.54, 1.807) is 18.4 Å². The van der Waals surface area contributed by atoms with Gasteiger partial charge >= 0.3 is 12.1 Å². The van der Waals surface area contributed by atoms with Gasteiger partial charge in [-0.2, -0.15) is 24.5 Å². The fourth-order valence-corrected chi connectivity index (χ4v) is 3.36. The Hall–Kier alpha value is -1.91. The molecule has 3 rings (SSSR count). The number of methoxy groups -OCH3 is 1. The number of halogens is 3.